The zero-order valence-electron chi connectivity index (χ0n) is 10.2. The second kappa shape index (κ2) is 7.05. The smallest absolute Gasteiger partial charge is 0.301 e. The number of nitrogens with zero attached hydrogens (tertiary/aromatic N) is 1. The lowest BCUT2D eigenvalue weighted by Gasteiger charge is -2.15. The van der Waals surface area contributed by atoms with Gasteiger partial charge >= 0.3 is 5.91 Å². The third-order valence-corrected chi connectivity index (χ3v) is 2.41. The van der Waals surface area contributed by atoms with E-state index in [9.17, 15) is 4.79 Å². The summed E-state index contributed by atoms with van der Waals surface area (Å²) < 4.78 is 10.1. The van der Waals surface area contributed by atoms with E-state index in [1.54, 1.807) is 13.2 Å². The quantitative estimate of drug-likeness (QED) is 0.311. The van der Waals surface area contributed by atoms with Gasteiger partial charge in [-0.1, -0.05) is 0 Å². The fraction of sp³-hybridized carbons (Fsp3) is 0.545. The molecule has 0 bridgehead atoms. The predicted molar refractivity (Wildman–Crippen MR) is 63.2 cm³/mol. The number of hydrogen-bond acceptors (Lipinski definition) is 5. The van der Waals surface area contributed by atoms with Crippen LogP contribution in [0.4, 0.5) is 0 Å². The highest BCUT2D eigenvalue weighted by Crippen LogP contribution is 2.12. The molecule has 6 heteroatoms. The molecule has 1 aromatic rings. The summed E-state index contributed by atoms with van der Waals surface area (Å²) in [6.07, 6.45) is 2.44. The summed E-state index contributed by atoms with van der Waals surface area (Å²) in [4.78, 5) is 13.5. The van der Waals surface area contributed by atoms with Crippen LogP contribution in [0.25, 0.3) is 0 Å². The van der Waals surface area contributed by atoms with Crippen LogP contribution in [0.1, 0.15) is 22.5 Å². The predicted octanol–water partition coefficient (Wildman–Crippen LogP) is 0.351. The van der Waals surface area contributed by atoms with Crippen molar-refractivity contribution in [2.24, 2.45) is 5.84 Å². The number of rotatable bonds is 7. The molecular formula is C11H19N3O3. The average molecular weight is 241 g/mol. The lowest BCUT2D eigenvalue weighted by atomic mass is 10.2. The zero-order valence-corrected chi connectivity index (χ0v) is 10.2. The van der Waals surface area contributed by atoms with Crippen molar-refractivity contribution in [2.75, 3.05) is 27.3 Å². The van der Waals surface area contributed by atoms with E-state index in [2.05, 4.69) is 10.3 Å². The van der Waals surface area contributed by atoms with Crippen LogP contribution in [0.5, 0.6) is 0 Å². The van der Waals surface area contributed by atoms with Gasteiger partial charge < -0.3 is 14.1 Å². The van der Waals surface area contributed by atoms with Crippen molar-refractivity contribution in [1.29, 1.82) is 0 Å². The van der Waals surface area contributed by atoms with Gasteiger partial charge in [0, 0.05) is 32.4 Å². The summed E-state index contributed by atoms with van der Waals surface area (Å²) >= 11 is 0. The number of amides is 1. The molecule has 1 heterocycles. The van der Waals surface area contributed by atoms with Crippen LogP contribution in [-0.4, -0.2) is 38.1 Å². The van der Waals surface area contributed by atoms with Gasteiger partial charge in [-0.15, -0.1) is 0 Å². The number of nitrogens with two attached hydrogens (primary N) is 1. The largest absolute Gasteiger partial charge is 0.459 e. The number of hydrazine groups is 1. The minimum Gasteiger partial charge on any atom is -0.459 e. The zero-order chi connectivity index (χ0) is 12.7. The molecule has 17 heavy (non-hydrogen) atoms. The lowest BCUT2D eigenvalue weighted by molar-refractivity contribution is 0.0923. The van der Waals surface area contributed by atoms with Gasteiger partial charge in [-0.2, -0.15) is 0 Å². The molecule has 96 valence electrons. The second-order valence-corrected chi connectivity index (χ2v) is 3.83. The molecule has 0 aliphatic heterocycles. The van der Waals surface area contributed by atoms with Crippen LogP contribution < -0.4 is 11.3 Å². The van der Waals surface area contributed by atoms with Gasteiger partial charge in [0.05, 0.1) is 6.26 Å². The monoisotopic (exact) mass is 241 g/mol. The minimum atomic E-state index is -0.407. The molecular weight excluding hydrogens is 222 g/mol. The number of carbonyl (C=O) groups is 1. The highest BCUT2D eigenvalue weighted by atomic mass is 16.5. The Balaban J connectivity index is 2.50. The Kier molecular flexibility index (Phi) is 5.68. The molecule has 0 saturated carbocycles. The Morgan fingerprint density at radius 2 is 2.41 bits per heavy atom. The summed E-state index contributed by atoms with van der Waals surface area (Å²) in [7, 11) is 3.66. The van der Waals surface area contributed by atoms with Crippen LogP contribution in [-0.2, 0) is 11.3 Å². The number of furan rings is 1. The summed E-state index contributed by atoms with van der Waals surface area (Å²) in [5.74, 6) is 4.93. The highest BCUT2D eigenvalue weighted by molar-refractivity contribution is 5.92. The summed E-state index contributed by atoms with van der Waals surface area (Å²) in [6.45, 7) is 2.26. The number of hydrogen-bond donors (Lipinski definition) is 2. The Bertz CT molecular complexity index is 351. The minimum absolute atomic E-state index is 0.270. The van der Waals surface area contributed by atoms with E-state index in [1.165, 1.54) is 6.26 Å². The van der Waals surface area contributed by atoms with Gasteiger partial charge in [-0.05, 0) is 19.5 Å². The van der Waals surface area contributed by atoms with Gasteiger partial charge in [-0.25, -0.2) is 5.84 Å². The van der Waals surface area contributed by atoms with E-state index in [0.717, 1.165) is 25.1 Å². The van der Waals surface area contributed by atoms with E-state index >= 15 is 0 Å². The molecule has 0 radical (unpaired) electrons. The Morgan fingerprint density at radius 3 is 3.06 bits per heavy atom. The maximum Gasteiger partial charge on any atom is 0.301 e. The van der Waals surface area contributed by atoms with Crippen molar-refractivity contribution >= 4 is 5.91 Å². The van der Waals surface area contributed by atoms with Crippen LogP contribution in [0.3, 0.4) is 0 Å². The van der Waals surface area contributed by atoms with Gasteiger partial charge in [0.1, 0.15) is 0 Å². The molecule has 0 saturated heterocycles. The van der Waals surface area contributed by atoms with E-state index < -0.39 is 5.91 Å². The van der Waals surface area contributed by atoms with Crippen LogP contribution in [0.2, 0.25) is 0 Å². The third kappa shape index (κ3) is 4.18. The number of ether oxygens (including phenoxy) is 1. The molecule has 0 aliphatic carbocycles. The first kappa shape index (κ1) is 13.7. The van der Waals surface area contributed by atoms with E-state index in [-0.39, 0.29) is 5.76 Å². The number of nitrogens with one attached hydrogen (secondary N) is 1. The molecule has 1 amide bonds. The maximum absolute atomic E-state index is 11.4. The topological polar surface area (TPSA) is 80.7 Å². The van der Waals surface area contributed by atoms with E-state index in [4.69, 9.17) is 15.0 Å². The first-order chi connectivity index (χ1) is 8.19. The fourth-order valence-electron chi connectivity index (χ4n) is 1.57. The van der Waals surface area contributed by atoms with Crippen LogP contribution >= 0.6 is 0 Å². The first-order valence-corrected chi connectivity index (χ1v) is 5.43. The summed E-state index contributed by atoms with van der Waals surface area (Å²) in [5.41, 5.74) is 2.89. The maximum atomic E-state index is 11.4. The lowest BCUT2D eigenvalue weighted by Crippen LogP contribution is -2.31. The highest BCUT2D eigenvalue weighted by Gasteiger charge is 2.15. The van der Waals surface area contributed by atoms with E-state index in [0.29, 0.717) is 6.54 Å². The van der Waals surface area contributed by atoms with Gasteiger partial charge in [0.15, 0.2) is 5.76 Å². The standard InChI is InChI=1S/C11H19N3O3/c1-14(5-3-6-16-2)8-9-4-7-17-10(9)11(15)13-12/h4,7H,3,5-6,8,12H2,1-2H3,(H,13,15). The third-order valence-electron chi connectivity index (χ3n) is 2.41. The second-order valence-electron chi connectivity index (χ2n) is 3.83. The normalized spacial score (nSPS) is 10.8. The van der Waals surface area contributed by atoms with Crippen LogP contribution in [0.15, 0.2) is 16.7 Å². The van der Waals surface area contributed by atoms with Crippen molar-refractivity contribution in [2.45, 2.75) is 13.0 Å². The Morgan fingerprint density at radius 1 is 1.65 bits per heavy atom. The summed E-state index contributed by atoms with van der Waals surface area (Å²) in [5, 5.41) is 0. The van der Waals surface area contributed by atoms with Crippen molar-refractivity contribution in [3.63, 3.8) is 0 Å². The fourth-order valence-corrected chi connectivity index (χ4v) is 1.57. The molecule has 1 aromatic heterocycles. The van der Waals surface area contributed by atoms with Gasteiger partial charge in [0.25, 0.3) is 0 Å². The molecule has 3 N–H and O–H groups in total. The molecule has 6 nitrogen and oxygen atoms in total. The molecule has 0 aliphatic rings. The van der Waals surface area contributed by atoms with Crippen molar-refractivity contribution in [3.05, 3.63) is 23.7 Å². The van der Waals surface area contributed by atoms with Gasteiger partial charge in [-0.3, -0.25) is 10.2 Å². The van der Waals surface area contributed by atoms with Crippen molar-refractivity contribution in [3.8, 4) is 0 Å². The van der Waals surface area contributed by atoms with E-state index in [1.807, 2.05) is 7.05 Å². The molecule has 0 fully saturated rings. The van der Waals surface area contributed by atoms with Gasteiger partial charge in [0.2, 0.25) is 0 Å². The van der Waals surface area contributed by atoms with Crippen molar-refractivity contribution < 1.29 is 13.9 Å². The molecule has 0 atom stereocenters. The Labute approximate surface area is 101 Å². The SMILES string of the molecule is COCCCN(C)Cc1ccoc1C(=O)NN. The average Bonchev–Trinajstić information content (AvgIpc) is 2.76. The molecule has 1 rings (SSSR count). The molecule has 0 unspecified atom stereocenters. The number of methoxy groups -OCH3 is 1. The number of carbonyl (C=O) groups excluding carboxylic acids is 1. The first-order valence-electron chi connectivity index (χ1n) is 5.43. The number of nitrogen functional groups attached to an aromatic ring is 1. The molecule has 0 aromatic carbocycles. The molecule has 0 spiro atoms. The summed E-state index contributed by atoms with van der Waals surface area (Å²) in [6, 6.07) is 1.78. The van der Waals surface area contributed by atoms with Crippen LogP contribution in [0, 0.1) is 0 Å². The Hall–Kier alpha value is -1.37. The van der Waals surface area contributed by atoms with Crippen molar-refractivity contribution in [1.82, 2.24) is 10.3 Å².